The number of aryl methyl sites for hydroxylation is 1. The van der Waals surface area contributed by atoms with Gasteiger partial charge in [-0.05, 0) is 24.8 Å². The minimum atomic E-state index is -0.663. The van der Waals surface area contributed by atoms with Crippen molar-refractivity contribution in [3.63, 3.8) is 0 Å². The van der Waals surface area contributed by atoms with Crippen molar-refractivity contribution in [1.82, 2.24) is 9.97 Å². The number of rotatable bonds is 4. The first-order valence-corrected chi connectivity index (χ1v) is 7.10. The number of anilines is 3. The zero-order valence-electron chi connectivity index (χ0n) is 11.3. The first kappa shape index (κ1) is 14.5. The van der Waals surface area contributed by atoms with Crippen LogP contribution in [0.15, 0.2) is 23.4 Å². The molecule has 2 aromatic rings. The van der Waals surface area contributed by atoms with Gasteiger partial charge in [-0.3, -0.25) is 0 Å². The molecule has 2 N–H and O–H groups in total. The molecule has 0 saturated carbocycles. The van der Waals surface area contributed by atoms with Crippen molar-refractivity contribution < 1.29 is 8.78 Å². The van der Waals surface area contributed by atoms with Gasteiger partial charge >= 0.3 is 0 Å². The Morgan fingerprint density at radius 3 is 2.50 bits per heavy atom. The second-order valence-electron chi connectivity index (χ2n) is 4.05. The van der Waals surface area contributed by atoms with Crippen molar-refractivity contribution in [2.24, 2.45) is 0 Å². The van der Waals surface area contributed by atoms with Gasteiger partial charge in [0.25, 0.3) is 0 Å². The minimum Gasteiger partial charge on any atom is -0.373 e. The van der Waals surface area contributed by atoms with Gasteiger partial charge in [-0.15, -0.1) is 0 Å². The van der Waals surface area contributed by atoms with E-state index in [1.165, 1.54) is 23.9 Å². The molecular weight excluding hydrogens is 282 g/mol. The lowest BCUT2D eigenvalue weighted by Gasteiger charge is -2.11. The summed E-state index contributed by atoms with van der Waals surface area (Å²) in [6.07, 6.45) is 1.83. The van der Waals surface area contributed by atoms with Crippen LogP contribution in [0, 0.1) is 18.6 Å². The third-order valence-corrected chi connectivity index (χ3v) is 3.23. The minimum absolute atomic E-state index is 0.210. The molecule has 20 heavy (non-hydrogen) atoms. The average Bonchev–Trinajstić information content (AvgIpc) is 2.47. The van der Waals surface area contributed by atoms with Crippen LogP contribution in [0.25, 0.3) is 0 Å². The molecule has 0 unspecified atom stereocenters. The molecule has 0 bridgehead atoms. The third-order valence-electron chi connectivity index (χ3n) is 2.68. The molecule has 0 atom stereocenters. The fraction of sp³-hybridized carbons (Fsp3) is 0.231. The Bertz CT molecular complexity index is 612. The molecule has 0 radical (unpaired) electrons. The fourth-order valence-corrected chi connectivity index (χ4v) is 1.99. The molecule has 0 aliphatic carbocycles. The summed E-state index contributed by atoms with van der Waals surface area (Å²) in [6, 6.07) is 4.19. The van der Waals surface area contributed by atoms with Crippen LogP contribution in [0.4, 0.5) is 26.1 Å². The largest absolute Gasteiger partial charge is 0.373 e. The number of nitrogens with zero attached hydrogens (tertiary/aromatic N) is 2. The Labute approximate surface area is 120 Å². The van der Waals surface area contributed by atoms with Crippen LogP contribution in [-0.4, -0.2) is 23.3 Å². The summed E-state index contributed by atoms with van der Waals surface area (Å²) in [4.78, 5) is 8.36. The second-order valence-corrected chi connectivity index (χ2v) is 4.83. The number of nitrogens with one attached hydrogen (secondary N) is 2. The predicted octanol–water partition coefficient (Wildman–Crippen LogP) is 3.57. The molecule has 4 nitrogen and oxygen atoms in total. The predicted molar refractivity (Wildman–Crippen MR) is 77.7 cm³/mol. The van der Waals surface area contributed by atoms with Gasteiger partial charge in [0, 0.05) is 13.1 Å². The van der Waals surface area contributed by atoms with Crippen molar-refractivity contribution in [1.29, 1.82) is 0 Å². The van der Waals surface area contributed by atoms with Gasteiger partial charge in [0.1, 0.15) is 23.1 Å². The van der Waals surface area contributed by atoms with Gasteiger partial charge in [0.05, 0.1) is 0 Å². The first-order chi connectivity index (χ1) is 9.55. The molecule has 106 valence electrons. The van der Waals surface area contributed by atoms with E-state index in [1.54, 1.807) is 20.0 Å². The zero-order valence-corrected chi connectivity index (χ0v) is 12.1. The van der Waals surface area contributed by atoms with Gasteiger partial charge in [-0.1, -0.05) is 17.8 Å². The maximum absolute atomic E-state index is 13.9. The second kappa shape index (κ2) is 6.04. The maximum atomic E-state index is 13.9. The zero-order chi connectivity index (χ0) is 14.7. The van der Waals surface area contributed by atoms with E-state index in [4.69, 9.17) is 0 Å². The summed E-state index contributed by atoms with van der Waals surface area (Å²) in [5.74, 6) is -0.388. The fourth-order valence-electron chi connectivity index (χ4n) is 1.61. The average molecular weight is 296 g/mol. The lowest BCUT2D eigenvalue weighted by molar-refractivity contribution is 0.584. The van der Waals surface area contributed by atoms with Gasteiger partial charge < -0.3 is 10.6 Å². The van der Waals surface area contributed by atoms with Gasteiger partial charge in [-0.25, -0.2) is 18.7 Å². The van der Waals surface area contributed by atoms with E-state index in [1.807, 2.05) is 6.26 Å². The molecule has 0 fully saturated rings. The van der Waals surface area contributed by atoms with Crippen LogP contribution in [0.2, 0.25) is 0 Å². The summed E-state index contributed by atoms with van der Waals surface area (Å²) in [5, 5.41) is 6.06. The molecule has 0 aliphatic rings. The number of benzene rings is 1. The summed E-state index contributed by atoms with van der Waals surface area (Å²) in [7, 11) is 1.71. The maximum Gasteiger partial charge on any atom is 0.191 e. The molecule has 2 rings (SSSR count). The lowest BCUT2D eigenvalue weighted by Crippen LogP contribution is -2.04. The number of hydrogen-bond donors (Lipinski definition) is 2. The molecule has 1 heterocycles. The molecule has 1 aromatic carbocycles. The van der Waals surface area contributed by atoms with Crippen molar-refractivity contribution >= 4 is 29.1 Å². The Hall–Kier alpha value is -1.89. The number of thioether (sulfide) groups is 1. The highest BCUT2D eigenvalue weighted by Gasteiger charge is 2.13. The van der Waals surface area contributed by atoms with E-state index in [2.05, 4.69) is 20.6 Å². The van der Waals surface area contributed by atoms with Crippen molar-refractivity contribution in [3.8, 4) is 0 Å². The summed E-state index contributed by atoms with van der Waals surface area (Å²) in [5.41, 5.74) is 0.152. The molecule has 0 amide bonds. The Morgan fingerprint density at radius 1 is 1.15 bits per heavy atom. The van der Waals surface area contributed by atoms with Crippen LogP contribution in [-0.2, 0) is 0 Å². The smallest absolute Gasteiger partial charge is 0.191 e. The number of hydrogen-bond acceptors (Lipinski definition) is 5. The van der Waals surface area contributed by atoms with E-state index in [9.17, 15) is 8.78 Å². The van der Waals surface area contributed by atoms with Crippen LogP contribution < -0.4 is 10.6 Å². The monoisotopic (exact) mass is 296 g/mol. The van der Waals surface area contributed by atoms with Crippen molar-refractivity contribution in [2.75, 3.05) is 23.9 Å². The molecule has 0 aliphatic heterocycles. The van der Waals surface area contributed by atoms with Crippen LogP contribution in [0.3, 0.4) is 0 Å². The van der Waals surface area contributed by atoms with E-state index in [0.717, 1.165) is 0 Å². The van der Waals surface area contributed by atoms with Crippen LogP contribution in [0.1, 0.15) is 5.56 Å². The summed E-state index contributed by atoms with van der Waals surface area (Å²) in [6.45, 7) is 1.58. The number of halogens is 2. The van der Waals surface area contributed by atoms with Crippen molar-refractivity contribution in [2.45, 2.75) is 12.1 Å². The number of aromatic nitrogens is 2. The highest BCUT2D eigenvalue weighted by atomic mass is 32.2. The van der Waals surface area contributed by atoms with E-state index in [0.29, 0.717) is 22.4 Å². The molecule has 1 aromatic heterocycles. The Balaban J connectivity index is 2.42. The van der Waals surface area contributed by atoms with Gasteiger partial charge in [-0.2, -0.15) is 0 Å². The van der Waals surface area contributed by atoms with Gasteiger partial charge in [0.15, 0.2) is 11.0 Å². The molecule has 0 spiro atoms. The van der Waals surface area contributed by atoms with E-state index < -0.39 is 11.6 Å². The Morgan fingerprint density at radius 2 is 1.85 bits per heavy atom. The van der Waals surface area contributed by atoms with Crippen molar-refractivity contribution in [3.05, 3.63) is 35.4 Å². The third kappa shape index (κ3) is 2.98. The highest BCUT2D eigenvalue weighted by Crippen LogP contribution is 2.26. The SMILES string of the molecule is CNc1cc(Nc2c(F)ccc(C)c2F)nc(SC)n1. The molecule has 7 heteroatoms. The summed E-state index contributed by atoms with van der Waals surface area (Å²) < 4.78 is 27.7. The standard InChI is InChI=1S/C13H14F2N4S/c1-7-4-5-8(14)12(11(7)15)17-10-6-9(16-2)18-13(19-10)20-3/h4-6H,1-3H3,(H2,16,17,18,19). The lowest BCUT2D eigenvalue weighted by atomic mass is 10.2. The quantitative estimate of drug-likeness (QED) is 0.667. The molecule has 0 saturated heterocycles. The molecular formula is C13H14F2N4S. The van der Waals surface area contributed by atoms with Crippen LogP contribution in [0.5, 0.6) is 0 Å². The Kier molecular flexibility index (Phi) is 4.39. The first-order valence-electron chi connectivity index (χ1n) is 5.87. The van der Waals surface area contributed by atoms with Gasteiger partial charge in [0.2, 0.25) is 0 Å². The topological polar surface area (TPSA) is 49.8 Å². The summed E-state index contributed by atoms with van der Waals surface area (Å²) >= 11 is 1.34. The van der Waals surface area contributed by atoms with Crippen LogP contribution >= 0.6 is 11.8 Å². The van der Waals surface area contributed by atoms with E-state index in [-0.39, 0.29) is 5.69 Å². The normalized spacial score (nSPS) is 10.4. The van der Waals surface area contributed by atoms with E-state index >= 15 is 0 Å². The highest BCUT2D eigenvalue weighted by molar-refractivity contribution is 7.98.